The lowest BCUT2D eigenvalue weighted by Gasteiger charge is -2.29. The maximum Gasteiger partial charge on any atom is 0.338 e. The number of hydrogen-bond acceptors (Lipinski definition) is 3. The summed E-state index contributed by atoms with van der Waals surface area (Å²) in [5.74, 6) is -3.82. The Kier molecular flexibility index (Phi) is 5.76. The third-order valence-electron chi connectivity index (χ3n) is 6.33. The molecule has 0 spiro atoms. The number of hydrogen-bond donors (Lipinski definition) is 1. The second-order valence-electron chi connectivity index (χ2n) is 8.48. The lowest BCUT2D eigenvalue weighted by molar-refractivity contribution is -0.131. The summed E-state index contributed by atoms with van der Waals surface area (Å²) in [6, 6.07) is 10.8. The second kappa shape index (κ2) is 8.90. The van der Waals surface area contributed by atoms with Crippen LogP contribution in [0.4, 0.5) is 13.2 Å². The van der Waals surface area contributed by atoms with E-state index in [1.165, 1.54) is 18.2 Å². The van der Waals surface area contributed by atoms with E-state index in [9.17, 15) is 22.8 Å². The van der Waals surface area contributed by atoms with Crippen molar-refractivity contribution >= 4 is 22.9 Å². The minimum atomic E-state index is -1.37. The van der Waals surface area contributed by atoms with E-state index < -0.39 is 29.0 Å². The number of benzene rings is 2. The van der Waals surface area contributed by atoms with Crippen LogP contribution in [0.5, 0.6) is 0 Å². The molecule has 0 atom stereocenters. The third-order valence-corrected chi connectivity index (χ3v) is 6.33. The van der Waals surface area contributed by atoms with Crippen molar-refractivity contribution in [2.45, 2.75) is 25.9 Å². The van der Waals surface area contributed by atoms with Crippen LogP contribution in [0, 0.1) is 17.5 Å². The topological polar surface area (TPSA) is 75.4 Å². The van der Waals surface area contributed by atoms with Crippen molar-refractivity contribution in [3.8, 4) is 0 Å². The zero-order valence-electron chi connectivity index (χ0n) is 18.5. The van der Waals surface area contributed by atoms with E-state index in [0.717, 1.165) is 34.8 Å². The summed E-state index contributed by atoms with van der Waals surface area (Å²) in [6.45, 7) is 0.822. The molecule has 9 heteroatoms. The van der Waals surface area contributed by atoms with Crippen molar-refractivity contribution in [1.82, 2.24) is 14.5 Å². The Morgan fingerprint density at radius 2 is 1.86 bits per heavy atom. The van der Waals surface area contributed by atoms with Crippen LogP contribution in [0.25, 0.3) is 11.0 Å². The SMILES string of the molecule is O=C(O)c1ccc(CC(=O)N2CCc3c(n(Cc4ccc(F)cc4F)c4ncccc34)C2)cc1F. The molecule has 0 saturated carbocycles. The lowest BCUT2D eigenvalue weighted by atomic mass is 10.0. The number of carboxylic acid groups (broad SMARTS) is 1. The first kappa shape index (κ1) is 22.6. The summed E-state index contributed by atoms with van der Waals surface area (Å²) in [7, 11) is 0. The molecular formula is C26H20F3N3O3. The molecule has 2 aromatic heterocycles. The first-order valence-electron chi connectivity index (χ1n) is 11.0. The van der Waals surface area contributed by atoms with E-state index in [1.54, 1.807) is 11.1 Å². The molecule has 178 valence electrons. The van der Waals surface area contributed by atoms with Crippen molar-refractivity contribution in [2.75, 3.05) is 6.54 Å². The van der Waals surface area contributed by atoms with Gasteiger partial charge in [-0.3, -0.25) is 4.79 Å². The number of rotatable bonds is 5. The quantitative estimate of drug-likeness (QED) is 0.463. The molecule has 35 heavy (non-hydrogen) atoms. The predicted molar refractivity (Wildman–Crippen MR) is 121 cm³/mol. The van der Waals surface area contributed by atoms with Crippen molar-refractivity contribution in [2.24, 2.45) is 0 Å². The summed E-state index contributed by atoms with van der Waals surface area (Å²) >= 11 is 0. The second-order valence-corrected chi connectivity index (χ2v) is 8.48. The summed E-state index contributed by atoms with van der Waals surface area (Å²) in [5, 5.41) is 9.91. The van der Waals surface area contributed by atoms with Gasteiger partial charge in [0.2, 0.25) is 5.91 Å². The molecular weight excluding hydrogens is 459 g/mol. The van der Waals surface area contributed by atoms with E-state index in [-0.39, 0.29) is 25.4 Å². The van der Waals surface area contributed by atoms with Gasteiger partial charge in [-0.05, 0) is 47.9 Å². The first-order valence-corrected chi connectivity index (χ1v) is 11.0. The largest absolute Gasteiger partial charge is 0.478 e. The molecule has 0 unspecified atom stereocenters. The zero-order valence-corrected chi connectivity index (χ0v) is 18.5. The molecule has 0 aliphatic carbocycles. The summed E-state index contributed by atoms with van der Waals surface area (Å²) in [6.07, 6.45) is 2.12. The molecule has 0 radical (unpaired) electrons. The smallest absolute Gasteiger partial charge is 0.338 e. The average molecular weight is 479 g/mol. The van der Waals surface area contributed by atoms with E-state index in [4.69, 9.17) is 5.11 Å². The van der Waals surface area contributed by atoms with Crippen molar-refractivity contribution in [3.05, 3.63) is 100 Å². The third kappa shape index (κ3) is 4.25. The van der Waals surface area contributed by atoms with Gasteiger partial charge in [-0.25, -0.2) is 22.9 Å². The normalized spacial score (nSPS) is 13.2. The van der Waals surface area contributed by atoms with Gasteiger partial charge < -0.3 is 14.6 Å². The minimum absolute atomic E-state index is 0.0861. The molecule has 6 nitrogen and oxygen atoms in total. The van der Waals surface area contributed by atoms with Crippen LogP contribution >= 0.6 is 0 Å². The standard InChI is InChI=1S/C26H20F3N3O3/c27-17-5-4-16(21(28)12-17)13-32-23-14-31(9-7-18(23)19-2-1-8-30-25(19)32)24(33)11-15-3-6-20(26(34)35)22(29)10-15/h1-6,8,10,12H,7,9,11,13-14H2,(H,34,35). The fourth-order valence-electron chi connectivity index (χ4n) is 4.59. The summed E-state index contributed by atoms with van der Waals surface area (Å²) < 4.78 is 43.7. The number of fused-ring (bicyclic) bond motifs is 3. The summed E-state index contributed by atoms with van der Waals surface area (Å²) in [5.41, 5.74) is 2.72. The van der Waals surface area contributed by atoms with Gasteiger partial charge in [0.15, 0.2) is 0 Å². The Labute approximate surface area is 198 Å². The average Bonchev–Trinajstić information content (AvgIpc) is 3.13. The van der Waals surface area contributed by atoms with Crippen LogP contribution < -0.4 is 0 Å². The van der Waals surface area contributed by atoms with Gasteiger partial charge in [0, 0.05) is 35.5 Å². The number of pyridine rings is 1. The van der Waals surface area contributed by atoms with Crippen LogP contribution in [0.3, 0.4) is 0 Å². The van der Waals surface area contributed by atoms with E-state index >= 15 is 0 Å². The number of nitrogens with zero attached hydrogens (tertiary/aromatic N) is 3. The molecule has 3 heterocycles. The number of carboxylic acids is 1. The molecule has 2 aromatic carbocycles. The highest BCUT2D eigenvalue weighted by molar-refractivity contribution is 5.88. The molecule has 1 aliphatic rings. The fourth-order valence-corrected chi connectivity index (χ4v) is 4.59. The van der Waals surface area contributed by atoms with Crippen LogP contribution in [0.2, 0.25) is 0 Å². The van der Waals surface area contributed by atoms with Crippen molar-refractivity contribution in [3.63, 3.8) is 0 Å². The minimum Gasteiger partial charge on any atom is -0.478 e. The lowest BCUT2D eigenvalue weighted by Crippen LogP contribution is -2.37. The van der Waals surface area contributed by atoms with Crippen LogP contribution in [0.1, 0.15) is 32.7 Å². The molecule has 4 aromatic rings. The fraction of sp³-hybridized carbons (Fsp3) is 0.192. The first-order chi connectivity index (χ1) is 16.8. The Bertz CT molecular complexity index is 1480. The number of aromatic nitrogens is 2. The van der Waals surface area contributed by atoms with Crippen LogP contribution in [-0.4, -0.2) is 38.0 Å². The van der Waals surface area contributed by atoms with Crippen LogP contribution in [-0.2, 0) is 30.7 Å². The van der Waals surface area contributed by atoms with E-state index in [0.29, 0.717) is 29.7 Å². The zero-order chi connectivity index (χ0) is 24.7. The number of aromatic carboxylic acids is 1. The van der Waals surface area contributed by atoms with Gasteiger partial charge >= 0.3 is 5.97 Å². The number of halogens is 3. The molecule has 0 bridgehead atoms. The Morgan fingerprint density at radius 1 is 1.03 bits per heavy atom. The van der Waals surface area contributed by atoms with Gasteiger partial charge in [0.1, 0.15) is 23.1 Å². The Morgan fingerprint density at radius 3 is 2.60 bits per heavy atom. The molecule has 0 fully saturated rings. The summed E-state index contributed by atoms with van der Waals surface area (Å²) in [4.78, 5) is 30.2. The number of carbonyl (C=O) groups excluding carboxylic acids is 1. The molecule has 1 amide bonds. The monoisotopic (exact) mass is 479 g/mol. The van der Waals surface area contributed by atoms with Gasteiger partial charge in [0.25, 0.3) is 0 Å². The van der Waals surface area contributed by atoms with E-state index in [2.05, 4.69) is 4.98 Å². The Balaban J connectivity index is 1.44. The highest BCUT2D eigenvalue weighted by Gasteiger charge is 2.27. The Hall–Kier alpha value is -4.14. The van der Waals surface area contributed by atoms with Gasteiger partial charge in [-0.2, -0.15) is 0 Å². The number of carbonyl (C=O) groups is 2. The van der Waals surface area contributed by atoms with Gasteiger partial charge in [0.05, 0.1) is 25.1 Å². The van der Waals surface area contributed by atoms with Crippen LogP contribution in [0.15, 0.2) is 54.7 Å². The molecule has 5 rings (SSSR count). The maximum absolute atomic E-state index is 14.4. The highest BCUT2D eigenvalue weighted by Crippen LogP contribution is 2.31. The van der Waals surface area contributed by atoms with Gasteiger partial charge in [-0.1, -0.05) is 12.1 Å². The molecule has 0 saturated heterocycles. The molecule has 1 aliphatic heterocycles. The van der Waals surface area contributed by atoms with Crippen molar-refractivity contribution < 1.29 is 27.9 Å². The highest BCUT2D eigenvalue weighted by atomic mass is 19.1. The van der Waals surface area contributed by atoms with Gasteiger partial charge in [-0.15, -0.1) is 0 Å². The number of amides is 1. The van der Waals surface area contributed by atoms with Crippen molar-refractivity contribution in [1.29, 1.82) is 0 Å². The van der Waals surface area contributed by atoms with E-state index in [1.807, 2.05) is 16.7 Å². The molecule has 1 N–H and O–H groups in total. The maximum atomic E-state index is 14.4. The predicted octanol–water partition coefficient (Wildman–Crippen LogP) is 4.33.